The molecule has 3 heterocycles. The molecule has 0 aliphatic carbocycles. The van der Waals surface area contributed by atoms with Crippen LogP contribution in [0.1, 0.15) is 6.42 Å². The van der Waals surface area contributed by atoms with Gasteiger partial charge in [-0.05, 0) is 12.5 Å². The number of hydrogen-bond acceptors (Lipinski definition) is 7. The van der Waals surface area contributed by atoms with Gasteiger partial charge in [0.25, 0.3) is 0 Å². The molecule has 2 aliphatic rings. The largest absolute Gasteiger partial charge is 0.493 e. The lowest BCUT2D eigenvalue weighted by Crippen LogP contribution is -2.44. The summed E-state index contributed by atoms with van der Waals surface area (Å²) in [6.45, 7) is 4.07. The van der Waals surface area contributed by atoms with Crippen molar-refractivity contribution in [1.29, 1.82) is 0 Å². The summed E-state index contributed by atoms with van der Waals surface area (Å²) in [7, 11) is 3.22. The molecule has 1 aromatic heterocycles. The predicted molar refractivity (Wildman–Crippen MR) is 100 cm³/mol. The van der Waals surface area contributed by atoms with Crippen LogP contribution in [-0.4, -0.2) is 74.4 Å². The molecule has 2 aliphatic heterocycles. The van der Waals surface area contributed by atoms with Gasteiger partial charge in [0.2, 0.25) is 5.91 Å². The van der Waals surface area contributed by atoms with Gasteiger partial charge in [0.15, 0.2) is 11.5 Å². The second-order valence-corrected chi connectivity index (χ2v) is 6.79. The first-order valence-electron chi connectivity index (χ1n) is 9.19. The first-order chi connectivity index (χ1) is 13.2. The second-order valence-electron chi connectivity index (χ2n) is 6.79. The Hall–Kier alpha value is -2.61. The van der Waals surface area contributed by atoms with Crippen LogP contribution in [0.4, 0.5) is 5.82 Å². The molecule has 0 radical (unpaired) electrons. The van der Waals surface area contributed by atoms with Gasteiger partial charge in [-0.25, -0.2) is 9.97 Å². The van der Waals surface area contributed by atoms with Crippen LogP contribution in [-0.2, 0) is 9.53 Å². The van der Waals surface area contributed by atoms with E-state index in [1.807, 2.05) is 17.0 Å². The van der Waals surface area contributed by atoms with Gasteiger partial charge in [0.05, 0.1) is 38.9 Å². The summed E-state index contributed by atoms with van der Waals surface area (Å²) in [4.78, 5) is 25.7. The van der Waals surface area contributed by atoms with Crippen LogP contribution in [0, 0.1) is 5.92 Å². The first-order valence-corrected chi connectivity index (χ1v) is 9.19. The van der Waals surface area contributed by atoms with Crippen molar-refractivity contribution in [2.45, 2.75) is 6.42 Å². The molecule has 4 rings (SSSR count). The number of morpholine rings is 1. The lowest BCUT2D eigenvalue weighted by Gasteiger charge is -2.29. The minimum absolute atomic E-state index is 0.00624. The molecule has 1 unspecified atom stereocenters. The number of methoxy groups -OCH3 is 2. The fraction of sp³-hybridized carbons (Fsp3) is 0.526. The van der Waals surface area contributed by atoms with E-state index in [0.29, 0.717) is 44.3 Å². The average molecular weight is 372 g/mol. The van der Waals surface area contributed by atoms with E-state index in [1.165, 1.54) is 0 Å². The van der Waals surface area contributed by atoms with Crippen LogP contribution in [0.25, 0.3) is 10.9 Å². The van der Waals surface area contributed by atoms with Crippen molar-refractivity contribution in [3.8, 4) is 11.5 Å². The highest BCUT2D eigenvalue weighted by atomic mass is 16.5. The van der Waals surface area contributed by atoms with Gasteiger partial charge in [0.1, 0.15) is 12.1 Å². The highest BCUT2D eigenvalue weighted by Crippen LogP contribution is 2.36. The smallest absolute Gasteiger partial charge is 0.227 e. The van der Waals surface area contributed by atoms with Gasteiger partial charge in [-0.3, -0.25) is 4.79 Å². The molecule has 2 aromatic rings. The van der Waals surface area contributed by atoms with E-state index in [-0.39, 0.29) is 11.8 Å². The molecule has 1 aromatic carbocycles. The minimum atomic E-state index is -0.00624. The minimum Gasteiger partial charge on any atom is -0.493 e. The molecular weight excluding hydrogens is 348 g/mol. The van der Waals surface area contributed by atoms with Crippen LogP contribution in [0.2, 0.25) is 0 Å². The molecule has 0 N–H and O–H groups in total. The summed E-state index contributed by atoms with van der Waals surface area (Å²) in [6, 6.07) is 3.76. The van der Waals surface area contributed by atoms with Crippen molar-refractivity contribution in [2.75, 3.05) is 58.5 Å². The number of rotatable bonds is 4. The molecule has 2 saturated heterocycles. The van der Waals surface area contributed by atoms with Gasteiger partial charge < -0.3 is 24.0 Å². The van der Waals surface area contributed by atoms with E-state index in [2.05, 4.69) is 14.9 Å². The van der Waals surface area contributed by atoms with E-state index in [1.54, 1.807) is 20.5 Å². The van der Waals surface area contributed by atoms with Crippen molar-refractivity contribution in [2.24, 2.45) is 5.92 Å². The standard InChI is InChI=1S/C19H24N4O4/c1-25-16-9-14-15(10-17(16)26-2)20-12-21-18(14)23-4-3-13(11-23)19(24)22-5-7-27-8-6-22/h9-10,12-13H,3-8,11H2,1-2H3. The number of carbonyl (C=O) groups is 1. The fourth-order valence-corrected chi connectivity index (χ4v) is 3.82. The topological polar surface area (TPSA) is 77.0 Å². The molecular formula is C19H24N4O4. The van der Waals surface area contributed by atoms with Crippen LogP contribution in [0.15, 0.2) is 18.5 Å². The number of amides is 1. The van der Waals surface area contributed by atoms with Crippen molar-refractivity contribution >= 4 is 22.6 Å². The maximum absolute atomic E-state index is 12.8. The van der Waals surface area contributed by atoms with Crippen molar-refractivity contribution in [3.63, 3.8) is 0 Å². The number of fused-ring (bicyclic) bond motifs is 1. The highest BCUT2D eigenvalue weighted by molar-refractivity contribution is 5.92. The highest BCUT2D eigenvalue weighted by Gasteiger charge is 2.33. The lowest BCUT2D eigenvalue weighted by atomic mass is 10.1. The predicted octanol–water partition coefficient (Wildman–Crippen LogP) is 1.33. The van der Waals surface area contributed by atoms with Crippen molar-refractivity contribution in [1.82, 2.24) is 14.9 Å². The number of anilines is 1. The summed E-state index contributed by atoms with van der Waals surface area (Å²) in [5.41, 5.74) is 0.792. The molecule has 2 fully saturated rings. The molecule has 0 bridgehead atoms. The third-order valence-electron chi connectivity index (χ3n) is 5.28. The number of ether oxygens (including phenoxy) is 3. The van der Waals surface area contributed by atoms with Crippen molar-refractivity contribution < 1.29 is 19.0 Å². The molecule has 0 spiro atoms. The Bertz CT molecular complexity index is 838. The third-order valence-corrected chi connectivity index (χ3v) is 5.28. The zero-order chi connectivity index (χ0) is 18.8. The van der Waals surface area contributed by atoms with Gasteiger partial charge in [0, 0.05) is 37.6 Å². The van der Waals surface area contributed by atoms with E-state index in [0.717, 1.165) is 29.7 Å². The molecule has 8 heteroatoms. The second kappa shape index (κ2) is 7.56. The maximum atomic E-state index is 12.8. The summed E-state index contributed by atoms with van der Waals surface area (Å²) >= 11 is 0. The Morgan fingerprint density at radius 1 is 1.11 bits per heavy atom. The van der Waals surface area contributed by atoms with E-state index < -0.39 is 0 Å². The monoisotopic (exact) mass is 372 g/mol. The Kier molecular flexibility index (Phi) is 4.98. The van der Waals surface area contributed by atoms with Crippen LogP contribution in [0.5, 0.6) is 11.5 Å². The molecule has 144 valence electrons. The van der Waals surface area contributed by atoms with Crippen LogP contribution in [0.3, 0.4) is 0 Å². The average Bonchev–Trinajstić information content (AvgIpc) is 3.22. The number of carbonyl (C=O) groups excluding carboxylic acids is 1. The SMILES string of the molecule is COc1cc2ncnc(N3CCC(C(=O)N4CCOCC4)C3)c2cc1OC. The zero-order valence-electron chi connectivity index (χ0n) is 15.7. The zero-order valence-corrected chi connectivity index (χ0v) is 15.7. The number of aromatic nitrogens is 2. The lowest BCUT2D eigenvalue weighted by molar-refractivity contribution is -0.138. The van der Waals surface area contributed by atoms with E-state index in [4.69, 9.17) is 14.2 Å². The molecule has 1 amide bonds. The summed E-state index contributed by atoms with van der Waals surface area (Å²) < 4.78 is 16.1. The quantitative estimate of drug-likeness (QED) is 0.801. The Morgan fingerprint density at radius 2 is 1.85 bits per heavy atom. The van der Waals surface area contributed by atoms with Gasteiger partial charge in [-0.15, -0.1) is 0 Å². The van der Waals surface area contributed by atoms with E-state index in [9.17, 15) is 4.79 Å². The summed E-state index contributed by atoms with van der Waals surface area (Å²) in [5, 5.41) is 0.898. The normalized spacial score (nSPS) is 20.1. The third kappa shape index (κ3) is 3.37. The van der Waals surface area contributed by atoms with Gasteiger partial charge in [-0.2, -0.15) is 0 Å². The van der Waals surface area contributed by atoms with Gasteiger partial charge >= 0.3 is 0 Å². The molecule has 1 atom stereocenters. The summed E-state index contributed by atoms with van der Waals surface area (Å²) in [6.07, 6.45) is 2.38. The first kappa shape index (κ1) is 17.8. The van der Waals surface area contributed by atoms with E-state index >= 15 is 0 Å². The number of nitrogens with zero attached hydrogens (tertiary/aromatic N) is 4. The molecule has 8 nitrogen and oxygen atoms in total. The Morgan fingerprint density at radius 3 is 2.59 bits per heavy atom. The van der Waals surface area contributed by atoms with Crippen LogP contribution >= 0.6 is 0 Å². The Balaban J connectivity index is 1.58. The van der Waals surface area contributed by atoms with Gasteiger partial charge in [-0.1, -0.05) is 0 Å². The van der Waals surface area contributed by atoms with Crippen molar-refractivity contribution in [3.05, 3.63) is 18.5 Å². The molecule has 27 heavy (non-hydrogen) atoms. The number of benzene rings is 1. The summed E-state index contributed by atoms with van der Waals surface area (Å²) in [5.74, 6) is 2.32. The molecule has 0 saturated carbocycles. The fourth-order valence-electron chi connectivity index (χ4n) is 3.82. The maximum Gasteiger partial charge on any atom is 0.227 e. The van der Waals surface area contributed by atoms with Crippen LogP contribution < -0.4 is 14.4 Å². The Labute approximate surface area is 158 Å². The number of hydrogen-bond donors (Lipinski definition) is 0.